The number of rotatable bonds is 0. The van der Waals surface area contributed by atoms with E-state index in [0.29, 0.717) is 0 Å². The molecule has 0 spiro atoms. The quantitative estimate of drug-likeness (QED) is 0.231. The van der Waals surface area contributed by atoms with Gasteiger partial charge in [0.15, 0.2) is 0 Å². The van der Waals surface area contributed by atoms with Crippen LogP contribution in [0.5, 0.6) is 0 Å². The number of benzene rings is 3. The fourth-order valence-electron chi connectivity index (χ4n) is 2.97. The van der Waals surface area contributed by atoms with Gasteiger partial charge in [-0.1, -0.05) is 42.5 Å². The van der Waals surface area contributed by atoms with Crippen LogP contribution >= 0.6 is 0 Å². The minimum Gasteiger partial charge on any atom is -0.168 e. The summed E-state index contributed by atoms with van der Waals surface area (Å²) in [6.45, 7) is 0. The fourth-order valence-corrected chi connectivity index (χ4v) is 2.97. The Morgan fingerprint density at radius 3 is 1.67 bits per heavy atom. The summed E-state index contributed by atoms with van der Waals surface area (Å²) in [6, 6.07) is 33.9. The summed E-state index contributed by atoms with van der Waals surface area (Å²) in [5.41, 5.74) is 0. The van der Waals surface area contributed by atoms with E-state index in [9.17, 15) is 0 Å². The van der Waals surface area contributed by atoms with Crippen molar-refractivity contribution in [3.63, 3.8) is 0 Å². The second-order valence-corrected chi connectivity index (χ2v) is 5.47. The molecule has 0 fully saturated rings. The molecule has 0 aliphatic carbocycles. The van der Waals surface area contributed by atoms with E-state index in [1.165, 1.54) is 32.3 Å². The van der Waals surface area contributed by atoms with Crippen LogP contribution in [0, 0.1) is 0 Å². The molecule has 0 aliphatic rings. The van der Waals surface area contributed by atoms with Crippen molar-refractivity contribution in [2.24, 2.45) is 0 Å². The molecule has 5 rings (SSSR count). The second-order valence-electron chi connectivity index (χ2n) is 5.47. The third kappa shape index (κ3) is 3.46. The van der Waals surface area contributed by atoms with Gasteiger partial charge < -0.3 is 0 Å². The predicted octanol–water partition coefficient (Wildman–Crippen LogP) is 6.24. The molecule has 24 heavy (non-hydrogen) atoms. The third-order valence-electron chi connectivity index (χ3n) is 4.07. The Hall–Kier alpha value is -2.28. The van der Waals surface area contributed by atoms with Crippen LogP contribution in [0.4, 0.5) is 0 Å². The number of fused-ring (bicyclic) bond motifs is 4. The first-order valence-electron chi connectivity index (χ1n) is 7.91. The Labute approximate surface area is 154 Å². The molecule has 0 saturated carbocycles. The molecule has 0 atom stereocenters. The molecule has 0 N–H and O–H groups in total. The normalized spacial score (nSPS) is 10.1. The van der Waals surface area contributed by atoms with Crippen molar-refractivity contribution in [2.75, 3.05) is 0 Å². The first kappa shape index (κ1) is 16.6. The topological polar surface area (TPSA) is 0 Å². The molecule has 0 heterocycles. The molecule has 0 amide bonds. The van der Waals surface area contributed by atoms with Crippen LogP contribution in [0.1, 0.15) is 0 Å². The van der Waals surface area contributed by atoms with E-state index in [0.717, 1.165) is 0 Å². The zero-order chi connectivity index (χ0) is 16.8. The summed E-state index contributed by atoms with van der Waals surface area (Å²) in [5, 5.41) is 8.05. The van der Waals surface area contributed by atoms with Gasteiger partial charge in [-0.15, -0.1) is 69.4 Å². The van der Waals surface area contributed by atoms with Crippen molar-refractivity contribution in [1.29, 1.82) is 0 Å². The summed E-state index contributed by atoms with van der Waals surface area (Å²) >= 11 is 1.75. The molecule has 114 valence electrons. The first-order chi connectivity index (χ1) is 11.9. The minimum atomic E-state index is 1.33. The molecule has 0 nitrogen and oxygen atoms in total. The van der Waals surface area contributed by atoms with E-state index in [1.807, 2.05) is 0 Å². The van der Waals surface area contributed by atoms with E-state index in [2.05, 4.69) is 102 Å². The van der Waals surface area contributed by atoms with Gasteiger partial charge in [0, 0.05) is 0 Å². The predicted molar refractivity (Wildman–Crippen MR) is 104 cm³/mol. The van der Waals surface area contributed by atoms with E-state index in [1.54, 1.807) is 20.0 Å². The maximum Gasteiger partial charge on any atom is -0.0771 e. The van der Waals surface area contributed by atoms with E-state index in [-0.39, 0.29) is 0 Å². The Kier molecular flexibility index (Phi) is 5.53. The Balaban J connectivity index is 0.000000135. The van der Waals surface area contributed by atoms with Crippen LogP contribution in [-0.2, 0) is 20.0 Å². The van der Waals surface area contributed by atoms with Gasteiger partial charge in [0.1, 0.15) is 0 Å². The Bertz CT molecular complexity index is 969. The zero-order valence-electron chi connectivity index (χ0n) is 13.4. The Morgan fingerprint density at radius 1 is 0.583 bits per heavy atom. The second kappa shape index (κ2) is 8.01. The number of hydrogen-bond acceptors (Lipinski definition) is 0. The summed E-state index contributed by atoms with van der Waals surface area (Å²) < 4.78 is 0. The maximum atomic E-state index is 3.25. The van der Waals surface area contributed by atoms with E-state index >= 15 is 0 Å². The molecule has 0 radical (unpaired) electrons. The summed E-state index contributed by atoms with van der Waals surface area (Å²) in [7, 11) is 0. The van der Waals surface area contributed by atoms with Crippen LogP contribution in [0.25, 0.3) is 32.3 Å². The van der Waals surface area contributed by atoms with Crippen molar-refractivity contribution in [3.8, 4) is 0 Å². The molecule has 1 heteroatoms. The van der Waals surface area contributed by atoms with Gasteiger partial charge in [-0.2, -0.15) is 17.5 Å². The molecule has 5 aromatic rings. The molecule has 0 bridgehead atoms. The fraction of sp³-hybridized carbons (Fsp3) is 0. The van der Waals surface area contributed by atoms with Gasteiger partial charge >= 0.3 is 24.8 Å². The van der Waals surface area contributed by atoms with Crippen LogP contribution in [-0.4, -0.2) is 4.82 Å². The monoisotopic (exact) mass is 342 g/mol. The average Bonchev–Trinajstić information content (AvgIpc) is 3.28. The van der Waals surface area contributed by atoms with Crippen LogP contribution in [0.3, 0.4) is 0 Å². The molecule has 0 aliphatic heterocycles. The maximum absolute atomic E-state index is 3.25. The van der Waals surface area contributed by atoms with Crippen LogP contribution in [0.15, 0.2) is 97.1 Å². The number of hydrogen-bond donors (Lipinski definition) is 0. The smallest absolute Gasteiger partial charge is 0.0771 e. The average molecular weight is 342 g/mol. The first-order valence-corrected chi connectivity index (χ1v) is 9.01. The summed E-state index contributed by atoms with van der Waals surface area (Å²) in [4.78, 5) is 3.25. The third-order valence-corrected chi connectivity index (χ3v) is 4.07. The van der Waals surface area contributed by atoms with E-state index < -0.39 is 0 Å². The summed E-state index contributed by atoms with van der Waals surface area (Å²) in [5.74, 6) is 0. The molecular weight excluding hydrogens is 324 g/mol. The Morgan fingerprint density at radius 2 is 1.08 bits per heavy atom. The molecule has 0 unspecified atom stereocenters. The molecule has 5 aromatic carbocycles. The van der Waals surface area contributed by atoms with Crippen molar-refractivity contribution in [2.45, 2.75) is 0 Å². The van der Waals surface area contributed by atoms with Crippen molar-refractivity contribution < 1.29 is 20.0 Å². The van der Waals surface area contributed by atoms with Crippen LogP contribution < -0.4 is 0 Å². The van der Waals surface area contributed by atoms with Gasteiger partial charge in [0.2, 0.25) is 0 Å². The van der Waals surface area contributed by atoms with Gasteiger partial charge in [-0.25, -0.2) is 0 Å². The van der Waals surface area contributed by atoms with E-state index in [4.69, 9.17) is 0 Å². The van der Waals surface area contributed by atoms with Crippen molar-refractivity contribution in [1.82, 2.24) is 0 Å². The van der Waals surface area contributed by atoms with Gasteiger partial charge in [0.25, 0.3) is 0 Å². The molecule has 0 aromatic heterocycles. The zero-order valence-corrected chi connectivity index (χ0v) is 15.0. The van der Waals surface area contributed by atoms with Crippen molar-refractivity contribution in [3.05, 3.63) is 97.1 Å². The largest absolute Gasteiger partial charge is 0.168 e. The summed E-state index contributed by atoms with van der Waals surface area (Å²) in [6.07, 6.45) is 0. The SMILES string of the molecule is [CH2]=[Ti+2].c1ccc2[cH-]ccc2c1.c1ccc2c(c1)[cH-]c1ccccc12. The van der Waals surface area contributed by atoms with Gasteiger partial charge in [0.05, 0.1) is 0 Å². The molecule has 0 saturated heterocycles. The van der Waals surface area contributed by atoms with Gasteiger partial charge in [-0.05, 0) is 0 Å². The molecular formula is C23H18Ti. The van der Waals surface area contributed by atoms with Gasteiger partial charge in [-0.3, -0.25) is 0 Å². The van der Waals surface area contributed by atoms with Crippen LogP contribution in [0.2, 0.25) is 0 Å². The standard InChI is InChI=1S/C13H9.C9H7.CH2.Ti/c1-3-7-12-10(5-1)9-11-6-2-4-8-13(11)12;1-2-5-9-7-3-6-8(9)4-1;;/h1-9H;1-7H;1H2;/q2*-1;;+2. The van der Waals surface area contributed by atoms with Crippen molar-refractivity contribution >= 4 is 37.1 Å². The minimum absolute atomic E-state index is 1.33.